The first-order chi connectivity index (χ1) is 16.3. The number of nitrogens with one attached hydrogen (secondary N) is 2. The lowest BCUT2D eigenvalue weighted by molar-refractivity contribution is 0.256. The molecular formula is C24H23N5O3S2. The molecule has 0 atom stereocenters. The number of carbonyl (C=O) groups excluding carboxylic acids is 1. The van der Waals surface area contributed by atoms with Crippen molar-refractivity contribution in [1.82, 2.24) is 14.6 Å². The molecule has 0 fully saturated rings. The molecule has 0 unspecified atom stereocenters. The molecular weight excluding hydrogens is 470 g/mol. The van der Waals surface area contributed by atoms with Gasteiger partial charge >= 0.3 is 6.03 Å². The minimum atomic E-state index is -4.01. The summed E-state index contributed by atoms with van der Waals surface area (Å²) in [5.74, 6) is 0. The van der Waals surface area contributed by atoms with Gasteiger partial charge in [-0.3, -0.25) is 4.98 Å². The van der Waals surface area contributed by atoms with Gasteiger partial charge in [0.15, 0.2) is 0 Å². The zero-order chi connectivity index (χ0) is 23.9. The van der Waals surface area contributed by atoms with Gasteiger partial charge in [0.25, 0.3) is 10.0 Å². The van der Waals surface area contributed by atoms with Gasteiger partial charge in [-0.25, -0.2) is 17.9 Å². The van der Waals surface area contributed by atoms with E-state index in [-0.39, 0.29) is 4.21 Å². The number of thiophene rings is 1. The molecule has 0 bridgehead atoms. The Bertz CT molecular complexity index is 1440. The Kier molecular flexibility index (Phi) is 5.85. The fourth-order valence-electron chi connectivity index (χ4n) is 4.59. The van der Waals surface area contributed by atoms with Gasteiger partial charge in [-0.2, -0.15) is 5.26 Å². The third-order valence-corrected chi connectivity index (χ3v) is 9.27. The number of amides is 2. The second kappa shape index (κ2) is 8.83. The van der Waals surface area contributed by atoms with E-state index in [1.807, 2.05) is 19.2 Å². The molecule has 2 aliphatic rings. The van der Waals surface area contributed by atoms with Crippen LogP contribution in [0.1, 0.15) is 33.6 Å². The van der Waals surface area contributed by atoms with Gasteiger partial charge in [0, 0.05) is 41.5 Å². The summed E-state index contributed by atoms with van der Waals surface area (Å²) in [6.45, 7) is 1.58. The number of aromatic nitrogens is 1. The Labute approximate surface area is 202 Å². The van der Waals surface area contributed by atoms with Crippen molar-refractivity contribution in [1.29, 1.82) is 5.26 Å². The highest BCUT2D eigenvalue weighted by Crippen LogP contribution is 2.38. The van der Waals surface area contributed by atoms with Gasteiger partial charge < -0.3 is 10.2 Å². The molecule has 0 radical (unpaired) electrons. The van der Waals surface area contributed by atoms with Crippen LogP contribution in [0.2, 0.25) is 0 Å². The molecule has 8 nitrogen and oxygen atoms in total. The number of hydrogen-bond acceptors (Lipinski definition) is 7. The molecule has 1 aliphatic heterocycles. The molecule has 2 amide bonds. The van der Waals surface area contributed by atoms with Gasteiger partial charge in [0.2, 0.25) is 0 Å². The van der Waals surface area contributed by atoms with Crippen LogP contribution in [0.3, 0.4) is 0 Å². The number of urea groups is 1. The molecule has 2 N–H and O–H groups in total. The summed E-state index contributed by atoms with van der Waals surface area (Å²) in [5.41, 5.74) is 5.46. The van der Waals surface area contributed by atoms with Crippen LogP contribution >= 0.6 is 11.3 Å². The molecule has 5 rings (SSSR count). The lowest BCUT2D eigenvalue weighted by Gasteiger charge is -2.21. The molecule has 34 heavy (non-hydrogen) atoms. The summed E-state index contributed by atoms with van der Waals surface area (Å²) < 4.78 is 28.3. The number of likely N-dealkylation sites (N-methyl/N-ethyl adjacent to an activating group) is 1. The molecule has 3 aromatic rings. The Hall–Kier alpha value is -3.26. The van der Waals surface area contributed by atoms with Crippen LogP contribution in [-0.2, 0) is 35.8 Å². The third-order valence-electron chi connectivity index (χ3n) is 6.23. The van der Waals surface area contributed by atoms with Gasteiger partial charge in [-0.05, 0) is 61.6 Å². The van der Waals surface area contributed by atoms with E-state index < -0.39 is 16.1 Å². The number of fused-ring (bicyclic) bond motifs is 2. The quantitative estimate of drug-likeness (QED) is 0.573. The Morgan fingerprint density at radius 1 is 1.18 bits per heavy atom. The number of carbonyl (C=O) groups is 1. The van der Waals surface area contributed by atoms with Gasteiger partial charge in [0.05, 0.1) is 11.3 Å². The number of sulfonamides is 1. The van der Waals surface area contributed by atoms with E-state index in [0.29, 0.717) is 28.9 Å². The van der Waals surface area contributed by atoms with Crippen LogP contribution in [0, 0.1) is 11.3 Å². The second-order valence-corrected chi connectivity index (χ2v) is 11.7. The predicted octanol–water partition coefficient (Wildman–Crippen LogP) is 3.67. The lowest BCUT2D eigenvalue weighted by atomic mass is 9.97. The van der Waals surface area contributed by atoms with Crippen LogP contribution in [-0.4, -0.2) is 37.9 Å². The largest absolute Gasteiger partial charge is 0.333 e. The van der Waals surface area contributed by atoms with E-state index in [1.54, 1.807) is 18.3 Å². The summed E-state index contributed by atoms with van der Waals surface area (Å²) in [7, 11) is -2.01. The third kappa shape index (κ3) is 4.30. The van der Waals surface area contributed by atoms with E-state index in [2.05, 4.69) is 26.0 Å². The molecule has 1 aromatic carbocycles. The normalized spacial score (nSPS) is 15.3. The summed E-state index contributed by atoms with van der Waals surface area (Å²) in [4.78, 5) is 20.2. The number of rotatable bonds is 4. The first-order valence-corrected chi connectivity index (χ1v) is 13.3. The average Bonchev–Trinajstić information content (AvgIpc) is 3.46. The van der Waals surface area contributed by atoms with Gasteiger partial charge in [0.1, 0.15) is 10.3 Å². The average molecular weight is 494 g/mol. The van der Waals surface area contributed by atoms with E-state index in [1.165, 1.54) is 17.5 Å². The van der Waals surface area contributed by atoms with E-state index in [9.17, 15) is 18.5 Å². The second-order valence-electron chi connectivity index (χ2n) is 8.61. The maximum absolute atomic E-state index is 13.0. The Morgan fingerprint density at radius 2 is 2.03 bits per heavy atom. The first kappa shape index (κ1) is 22.5. The minimum Gasteiger partial charge on any atom is -0.306 e. The van der Waals surface area contributed by atoms with Crippen LogP contribution in [0.15, 0.2) is 40.9 Å². The molecule has 174 valence electrons. The number of benzene rings is 1. The number of anilines is 1. The number of nitriles is 1. The number of nitrogens with zero attached hydrogens (tertiary/aromatic N) is 3. The van der Waals surface area contributed by atoms with Crippen molar-refractivity contribution >= 4 is 33.1 Å². The zero-order valence-electron chi connectivity index (χ0n) is 18.6. The number of aryl methyl sites for hydroxylation is 1. The van der Waals surface area contributed by atoms with Gasteiger partial charge in [-0.15, -0.1) is 11.3 Å². The smallest absolute Gasteiger partial charge is 0.306 e. The first-order valence-electron chi connectivity index (χ1n) is 11.0. The molecule has 2 aromatic heterocycles. The summed E-state index contributed by atoms with van der Waals surface area (Å²) in [5, 5.41) is 12.0. The van der Waals surface area contributed by atoms with Crippen molar-refractivity contribution in [3.05, 3.63) is 63.8 Å². The fourth-order valence-corrected chi connectivity index (χ4v) is 7.04. The van der Waals surface area contributed by atoms with Crippen LogP contribution in [0.4, 0.5) is 10.5 Å². The highest BCUT2D eigenvalue weighted by molar-refractivity contribution is 7.92. The van der Waals surface area contributed by atoms with Crippen LogP contribution < -0.4 is 10.0 Å². The molecule has 3 heterocycles. The van der Waals surface area contributed by atoms with Crippen LogP contribution in [0.5, 0.6) is 0 Å². The fraction of sp³-hybridized carbons (Fsp3) is 0.292. The molecule has 10 heteroatoms. The molecule has 0 saturated carbocycles. The van der Waals surface area contributed by atoms with Crippen molar-refractivity contribution in [2.45, 2.75) is 36.4 Å². The Morgan fingerprint density at radius 3 is 2.85 bits per heavy atom. The van der Waals surface area contributed by atoms with Crippen molar-refractivity contribution < 1.29 is 13.2 Å². The maximum atomic E-state index is 13.0. The van der Waals surface area contributed by atoms with E-state index in [4.69, 9.17) is 0 Å². The lowest BCUT2D eigenvalue weighted by Crippen LogP contribution is -2.34. The van der Waals surface area contributed by atoms with Gasteiger partial charge in [-0.1, -0.05) is 12.1 Å². The SMILES string of the molecule is CN1CCc2sc(S(=O)(=O)NC(=O)Nc3c(-c4cncc(C#N)c4)ccc4c3CCC4)cc2C1. The topological polar surface area (TPSA) is 115 Å². The van der Waals surface area contributed by atoms with Crippen molar-refractivity contribution in [3.8, 4) is 17.2 Å². The monoisotopic (exact) mass is 493 g/mol. The van der Waals surface area contributed by atoms with Crippen LogP contribution in [0.25, 0.3) is 11.1 Å². The van der Waals surface area contributed by atoms with Crippen molar-refractivity contribution in [2.24, 2.45) is 0 Å². The summed E-state index contributed by atoms with van der Waals surface area (Å²) in [6, 6.07) is 8.54. The predicted molar refractivity (Wildman–Crippen MR) is 130 cm³/mol. The van der Waals surface area contributed by atoms with E-state index >= 15 is 0 Å². The molecule has 1 aliphatic carbocycles. The standard InChI is InChI=1S/C24H23N5O3S2/c1-29-8-7-21-18(14-29)10-22(33-21)34(31,32)28-24(30)27-23-19-4-2-3-16(19)5-6-20(23)17-9-15(11-25)12-26-13-17/h5-6,9-10,12-13H,2-4,7-8,14H2,1H3,(H2,27,28,30). The number of hydrogen-bond donors (Lipinski definition) is 2. The minimum absolute atomic E-state index is 0.146. The van der Waals surface area contributed by atoms with Crippen molar-refractivity contribution in [2.75, 3.05) is 18.9 Å². The Balaban J connectivity index is 1.44. The maximum Gasteiger partial charge on any atom is 0.333 e. The highest BCUT2D eigenvalue weighted by Gasteiger charge is 2.26. The molecule has 0 saturated heterocycles. The highest BCUT2D eigenvalue weighted by atomic mass is 32.2. The molecule has 0 spiro atoms. The summed E-state index contributed by atoms with van der Waals surface area (Å²) in [6.07, 6.45) is 6.54. The summed E-state index contributed by atoms with van der Waals surface area (Å²) >= 11 is 1.22. The van der Waals surface area contributed by atoms with Crippen molar-refractivity contribution in [3.63, 3.8) is 0 Å². The van der Waals surface area contributed by atoms with E-state index in [0.717, 1.165) is 53.8 Å². The number of pyridine rings is 1. The zero-order valence-corrected chi connectivity index (χ0v) is 20.2.